The summed E-state index contributed by atoms with van der Waals surface area (Å²) < 4.78 is 12.3. The highest BCUT2D eigenvalue weighted by molar-refractivity contribution is 6.32. The van der Waals surface area contributed by atoms with E-state index in [-0.39, 0.29) is 17.8 Å². The van der Waals surface area contributed by atoms with Crippen LogP contribution in [0.2, 0.25) is 0 Å². The summed E-state index contributed by atoms with van der Waals surface area (Å²) >= 11 is 0. The molecule has 1 saturated heterocycles. The summed E-state index contributed by atoms with van der Waals surface area (Å²) in [6.45, 7) is 4.85. The third-order valence-corrected chi connectivity index (χ3v) is 8.86. The number of benzene rings is 1. The molecule has 0 bridgehead atoms. The monoisotopic (exact) mass is 532 g/mol. The average Bonchev–Trinajstić information content (AvgIpc) is 3.45. The molecule has 1 aromatic carbocycles. The summed E-state index contributed by atoms with van der Waals surface area (Å²) in [6, 6.07) is 6.70. The van der Waals surface area contributed by atoms with Gasteiger partial charge in [-0.3, -0.25) is 9.59 Å². The predicted molar refractivity (Wildman–Crippen MR) is 149 cm³/mol. The number of nitrogens with two attached hydrogens (primary N) is 1. The molecule has 0 radical (unpaired) electrons. The van der Waals surface area contributed by atoms with E-state index in [0.717, 1.165) is 75.4 Å². The smallest absolute Gasteiger partial charge is 0.350 e. The Morgan fingerprint density at radius 3 is 2.54 bits per heavy atom. The van der Waals surface area contributed by atoms with Crippen molar-refractivity contribution in [3.63, 3.8) is 0 Å². The van der Waals surface area contributed by atoms with Gasteiger partial charge in [0.2, 0.25) is 5.78 Å². The molecule has 4 aliphatic rings. The SMILES string of the molecule is CCCCCC1(OC(=O)[C@]23O[C@@]2(C/C=C(\C)CCC2=CCNC(N)=C2)C(=O)c2ccccc2C3=O)CCCC1. The molecule has 3 N–H and O–H groups in total. The zero-order valence-electron chi connectivity index (χ0n) is 23.1. The Labute approximate surface area is 230 Å². The van der Waals surface area contributed by atoms with E-state index in [0.29, 0.717) is 17.9 Å². The number of carbonyl (C=O) groups is 3. The molecule has 5 rings (SSSR count). The van der Waals surface area contributed by atoms with Crippen molar-refractivity contribution in [3.8, 4) is 0 Å². The Bertz CT molecular complexity index is 1250. The molecule has 2 atom stereocenters. The zero-order valence-corrected chi connectivity index (χ0v) is 23.1. The molecule has 208 valence electrons. The summed E-state index contributed by atoms with van der Waals surface area (Å²) in [5.74, 6) is -0.819. The van der Waals surface area contributed by atoms with Gasteiger partial charge in [-0.05, 0) is 69.9 Å². The van der Waals surface area contributed by atoms with Crippen molar-refractivity contribution >= 4 is 17.5 Å². The second kappa shape index (κ2) is 10.8. The van der Waals surface area contributed by atoms with Gasteiger partial charge in [-0.25, -0.2) is 4.79 Å². The van der Waals surface area contributed by atoms with Crippen molar-refractivity contribution in [2.45, 2.75) is 101 Å². The summed E-state index contributed by atoms with van der Waals surface area (Å²) in [4.78, 5) is 41.7. The highest BCUT2D eigenvalue weighted by Crippen LogP contribution is 2.59. The second-order valence-corrected chi connectivity index (χ2v) is 11.6. The largest absolute Gasteiger partial charge is 0.456 e. The van der Waals surface area contributed by atoms with E-state index in [1.165, 1.54) is 0 Å². The van der Waals surface area contributed by atoms with Crippen molar-refractivity contribution in [3.05, 3.63) is 70.6 Å². The first-order valence-electron chi connectivity index (χ1n) is 14.4. The molecular formula is C32H40N2O5. The molecule has 2 heterocycles. The van der Waals surface area contributed by atoms with Crippen LogP contribution in [-0.4, -0.2) is 40.9 Å². The lowest BCUT2D eigenvalue weighted by atomic mass is 9.72. The van der Waals surface area contributed by atoms with Gasteiger partial charge < -0.3 is 20.5 Å². The number of esters is 1. The lowest BCUT2D eigenvalue weighted by molar-refractivity contribution is -0.164. The molecule has 7 heteroatoms. The van der Waals surface area contributed by atoms with Gasteiger partial charge in [0.05, 0.1) is 5.82 Å². The average molecular weight is 533 g/mol. The number of fused-ring (bicyclic) bond motifs is 2. The van der Waals surface area contributed by atoms with E-state index in [2.05, 4.69) is 18.3 Å². The number of carbonyl (C=O) groups excluding carboxylic acids is 3. The van der Waals surface area contributed by atoms with Crippen LogP contribution in [0.1, 0.15) is 105 Å². The number of Topliss-reactive ketones (excluding diaryl/α,β-unsaturated/α-hetero) is 2. The molecule has 39 heavy (non-hydrogen) atoms. The van der Waals surface area contributed by atoms with Crippen LogP contribution in [0.3, 0.4) is 0 Å². The minimum absolute atomic E-state index is 0.147. The van der Waals surface area contributed by atoms with Gasteiger partial charge in [-0.2, -0.15) is 0 Å². The third kappa shape index (κ3) is 4.86. The summed E-state index contributed by atoms with van der Waals surface area (Å²) in [5.41, 5.74) is 4.60. The number of ketones is 2. The molecule has 1 saturated carbocycles. The second-order valence-electron chi connectivity index (χ2n) is 11.6. The van der Waals surface area contributed by atoms with E-state index >= 15 is 0 Å². The lowest BCUT2D eigenvalue weighted by Gasteiger charge is -2.32. The van der Waals surface area contributed by atoms with Crippen molar-refractivity contribution in [1.29, 1.82) is 0 Å². The van der Waals surface area contributed by atoms with Gasteiger partial charge in [0.1, 0.15) is 5.60 Å². The first-order chi connectivity index (χ1) is 18.8. The van der Waals surface area contributed by atoms with Crippen LogP contribution in [0.25, 0.3) is 0 Å². The van der Waals surface area contributed by atoms with Crippen LogP contribution < -0.4 is 11.1 Å². The minimum atomic E-state index is -1.91. The standard InChI is InChI=1S/C32H40N2O5/c1-3-4-7-16-30(17-8-9-18-30)38-29(37)32-28(36)25-11-6-5-10-24(25)27(35)31(32,39-32)19-14-22(2)12-13-23-15-20-34-26(33)21-23/h5-6,10-11,14-15,21,34H,3-4,7-9,12-13,16-20,33H2,1-2H3/b22-14+/t31-,32-/m0/s1. The van der Waals surface area contributed by atoms with Crippen LogP contribution >= 0.6 is 0 Å². The fourth-order valence-corrected chi connectivity index (χ4v) is 6.47. The summed E-state index contributed by atoms with van der Waals surface area (Å²) in [5, 5.41) is 3.07. The molecule has 0 aromatic heterocycles. The molecule has 2 aliphatic heterocycles. The molecule has 0 amide bonds. The van der Waals surface area contributed by atoms with Gasteiger partial charge in [0.25, 0.3) is 5.60 Å². The molecule has 0 spiro atoms. The van der Waals surface area contributed by atoms with E-state index in [1.54, 1.807) is 24.3 Å². The third-order valence-electron chi connectivity index (χ3n) is 8.86. The van der Waals surface area contributed by atoms with Crippen molar-refractivity contribution < 1.29 is 23.9 Å². The van der Waals surface area contributed by atoms with Gasteiger partial charge in [0.15, 0.2) is 11.4 Å². The number of allylic oxidation sites excluding steroid dienone is 3. The van der Waals surface area contributed by atoms with E-state index in [1.807, 2.05) is 19.1 Å². The molecule has 1 aromatic rings. The van der Waals surface area contributed by atoms with Gasteiger partial charge in [-0.1, -0.05) is 61.8 Å². The molecule has 7 nitrogen and oxygen atoms in total. The summed E-state index contributed by atoms with van der Waals surface area (Å²) in [7, 11) is 0. The Balaban J connectivity index is 1.40. The first-order valence-corrected chi connectivity index (χ1v) is 14.4. The van der Waals surface area contributed by atoms with E-state index in [9.17, 15) is 14.4 Å². The van der Waals surface area contributed by atoms with Crippen molar-refractivity contribution in [2.24, 2.45) is 5.73 Å². The number of ether oxygens (including phenoxy) is 2. The maximum Gasteiger partial charge on any atom is 0.350 e. The van der Waals surface area contributed by atoms with Crippen molar-refractivity contribution in [1.82, 2.24) is 5.32 Å². The fourth-order valence-electron chi connectivity index (χ4n) is 6.47. The Hall–Kier alpha value is -3.19. The van der Waals surface area contributed by atoms with Gasteiger partial charge in [0, 0.05) is 24.1 Å². The normalized spacial score (nSPS) is 27.2. The Kier molecular flexibility index (Phi) is 7.55. The van der Waals surface area contributed by atoms with E-state index < -0.39 is 28.6 Å². The Morgan fingerprint density at radius 1 is 1.13 bits per heavy atom. The number of hydrogen-bond donors (Lipinski definition) is 2. The summed E-state index contributed by atoms with van der Waals surface area (Å²) in [6.07, 6.45) is 15.1. The first kappa shape index (κ1) is 27.4. The quantitative estimate of drug-likeness (QED) is 0.128. The van der Waals surface area contributed by atoms with Crippen molar-refractivity contribution in [2.75, 3.05) is 6.54 Å². The molecule has 0 unspecified atom stereocenters. The predicted octanol–water partition coefficient (Wildman–Crippen LogP) is 5.46. The fraction of sp³-hybridized carbons (Fsp3) is 0.531. The number of rotatable bonds is 11. The van der Waals surface area contributed by atoms with Crippen LogP contribution in [0.15, 0.2) is 59.5 Å². The van der Waals surface area contributed by atoms with Crippen LogP contribution in [-0.2, 0) is 14.3 Å². The molecule has 2 aliphatic carbocycles. The minimum Gasteiger partial charge on any atom is -0.456 e. The topological polar surface area (TPSA) is 111 Å². The highest BCUT2D eigenvalue weighted by Gasteiger charge is 2.85. The highest BCUT2D eigenvalue weighted by atomic mass is 16.7. The number of nitrogens with one attached hydrogen (secondary N) is 1. The number of epoxide rings is 1. The van der Waals surface area contributed by atoms with Crippen LogP contribution in [0, 0.1) is 0 Å². The van der Waals surface area contributed by atoms with Crippen LogP contribution in [0.4, 0.5) is 0 Å². The Morgan fingerprint density at radius 2 is 1.85 bits per heavy atom. The number of unbranched alkanes of at least 4 members (excludes halogenated alkanes) is 2. The maximum atomic E-state index is 14.0. The van der Waals surface area contributed by atoms with Gasteiger partial charge >= 0.3 is 5.97 Å². The van der Waals surface area contributed by atoms with E-state index in [4.69, 9.17) is 15.2 Å². The van der Waals surface area contributed by atoms with Crippen LogP contribution in [0.5, 0.6) is 0 Å². The number of hydrogen-bond acceptors (Lipinski definition) is 7. The number of dihydropyridines is 1. The van der Waals surface area contributed by atoms with Gasteiger partial charge in [-0.15, -0.1) is 0 Å². The maximum absolute atomic E-state index is 14.0. The molecular weight excluding hydrogens is 492 g/mol. The zero-order chi connectivity index (χ0) is 27.7. The lowest BCUT2D eigenvalue weighted by Crippen LogP contribution is -2.52. The molecule has 2 fully saturated rings.